The van der Waals surface area contributed by atoms with Crippen molar-refractivity contribution in [2.24, 2.45) is 0 Å². The number of amides is 1. The fraction of sp³-hybridized carbons (Fsp3) is 0.900. The molecule has 3 nitrogen and oxygen atoms in total. The third-order valence-electron chi connectivity index (χ3n) is 2.55. The molecular formula is C10H20N2O. The molecule has 2 N–H and O–H groups in total. The van der Waals surface area contributed by atoms with Gasteiger partial charge in [0.2, 0.25) is 5.91 Å². The van der Waals surface area contributed by atoms with Crippen LogP contribution in [0.1, 0.15) is 39.0 Å². The van der Waals surface area contributed by atoms with E-state index in [0.29, 0.717) is 12.5 Å². The molecule has 1 amide bonds. The quantitative estimate of drug-likeness (QED) is 0.685. The molecule has 0 spiro atoms. The van der Waals surface area contributed by atoms with E-state index in [4.69, 9.17) is 0 Å². The monoisotopic (exact) mass is 184 g/mol. The molecule has 0 radical (unpaired) electrons. The van der Waals surface area contributed by atoms with Crippen molar-refractivity contribution in [1.82, 2.24) is 10.6 Å². The first kappa shape index (κ1) is 10.5. The Balaban J connectivity index is 2.01. The van der Waals surface area contributed by atoms with Gasteiger partial charge in [-0.15, -0.1) is 0 Å². The van der Waals surface area contributed by atoms with Crippen LogP contribution in [0, 0.1) is 0 Å². The number of carbonyl (C=O) groups excluding carboxylic acids is 1. The lowest BCUT2D eigenvalue weighted by molar-refractivity contribution is -0.120. The fourth-order valence-electron chi connectivity index (χ4n) is 1.68. The molecule has 3 heteroatoms. The van der Waals surface area contributed by atoms with Crippen molar-refractivity contribution >= 4 is 5.91 Å². The zero-order valence-electron chi connectivity index (χ0n) is 8.44. The molecule has 1 unspecified atom stereocenters. The second-order valence-corrected chi connectivity index (χ2v) is 3.64. The first-order valence-electron chi connectivity index (χ1n) is 5.33. The molecule has 0 aromatic carbocycles. The minimum absolute atomic E-state index is 0.163. The second kappa shape index (κ2) is 5.97. The Morgan fingerprint density at radius 3 is 3.00 bits per heavy atom. The van der Waals surface area contributed by atoms with Gasteiger partial charge in [-0.25, -0.2) is 0 Å². The lowest BCUT2D eigenvalue weighted by Gasteiger charge is -2.23. The first-order valence-corrected chi connectivity index (χ1v) is 5.33. The van der Waals surface area contributed by atoms with Crippen LogP contribution in [0.15, 0.2) is 0 Å². The molecule has 0 saturated carbocycles. The Morgan fingerprint density at radius 1 is 1.54 bits per heavy atom. The maximum Gasteiger partial charge on any atom is 0.219 e. The maximum absolute atomic E-state index is 10.9. The third kappa shape index (κ3) is 4.27. The van der Waals surface area contributed by atoms with Crippen molar-refractivity contribution in [3.05, 3.63) is 0 Å². The van der Waals surface area contributed by atoms with Crippen LogP contribution in [0.25, 0.3) is 0 Å². The molecule has 1 heterocycles. The average molecular weight is 184 g/mol. The van der Waals surface area contributed by atoms with Gasteiger partial charge in [0.25, 0.3) is 0 Å². The van der Waals surface area contributed by atoms with Gasteiger partial charge < -0.3 is 10.6 Å². The number of hydrogen-bond donors (Lipinski definition) is 2. The Kier molecular flexibility index (Phi) is 4.83. The van der Waals surface area contributed by atoms with Crippen molar-refractivity contribution in [1.29, 1.82) is 0 Å². The molecule has 76 valence electrons. The molecule has 1 atom stereocenters. The van der Waals surface area contributed by atoms with Gasteiger partial charge in [-0.3, -0.25) is 4.79 Å². The fourth-order valence-corrected chi connectivity index (χ4v) is 1.68. The molecule has 1 rings (SSSR count). The summed E-state index contributed by atoms with van der Waals surface area (Å²) in [5.41, 5.74) is 0. The minimum Gasteiger partial charge on any atom is -0.356 e. The van der Waals surface area contributed by atoms with E-state index >= 15 is 0 Å². The van der Waals surface area contributed by atoms with Gasteiger partial charge in [0.15, 0.2) is 0 Å². The second-order valence-electron chi connectivity index (χ2n) is 3.64. The molecule has 13 heavy (non-hydrogen) atoms. The molecule has 1 aliphatic rings. The SMILES string of the molecule is CCC(=O)NCCC1CCCCN1. The molecule has 1 saturated heterocycles. The van der Waals surface area contributed by atoms with Crippen molar-refractivity contribution in [2.75, 3.05) is 13.1 Å². The summed E-state index contributed by atoms with van der Waals surface area (Å²) >= 11 is 0. The van der Waals surface area contributed by atoms with Crippen LogP contribution in [0.5, 0.6) is 0 Å². The molecular weight excluding hydrogens is 164 g/mol. The van der Waals surface area contributed by atoms with Gasteiger partial charge in [0.1, 0.15) is 0 Å². The normalized spacial score (nSPS) is 22.7. The largest absolute Gasteiger partial charge is 0.356 e. The van der Waals surface area contributed by atoms with E-state index in [9.17, 15) is 4.79 Å². The molecule has 0 aromatic heterocycles. The van der Waals surface area contributed by atoms with E-state index in [1.807, 2.05) is 6.92 Å². The van der Waals surface area contributed by atoms with E-state index < -0.39 is 0 Å². The predicted molar refractivity (Wildman–Crippen MR) is 53.6 cm³/mol. The van der Waals surface area contributed by atoms with E-state index in [2.05, 4.69) is 10.6 Å². The maximum atomic E-state index is 10.9. The smallest absolute Gasteiger partial charge is 0.219 e. The molecule has 0 bridgehead atoms. The van der Waals surface area contributed by atoms with Crippen LogP contribution in [-0.4, -0.2) is 25.0 Å². The number of carbonyl (C=O) groups is 1. The summed E-state index contributed by atoms with van der Waals surface area (Å²) in [5.74, 6) is 0.163. The summed E-state index contributed by atoms with van der Waals surface area (Å²) in [6.45, 7) is 3.85. The van der Waals surface area contributed by atoms with Crippen LogP contribution in [-0.2, 0) is 4.79 Å². The Labute approximate surface area is 80.3 Å². The highest BCUT2D eigenvalue weighted by Crippen LogP contribution is 2.08. The van der Waals surface area contributed by atoms with Crippen molar-refractivity contribution in [3.8, 4) is 0 Å². The van der Waals surface area contributed by atoms with Crippen LogP contribution >= 0.6 is 0 Å². The van der Waals surface area contributed by atoms with Crippen LogP contribution in [0.4, 0.5) is 0 Å². The lowest BCUT2D eigenvalue weighted by Crippen LogP contribution is -2.37. The summed E-state index contributed by atoms with van der Waals surface area (Å²) in [7, 11) is 0. The number of rotatable bonds is 4. The Hall–Kier alpha value is -0.570. The Bertz CT molecular complexity index is 153. The van der Waals surface area contributed by atoms with Gasteiger partial charge in [-0.05, 0) is 25.8 Å². The number of hydrogen-bond acceptors (Lipinski definition) is 2. The van der Waals surface area contributed by atoms with Gasteiger partial charge >= 0.3 is 0 Å². The minimum atomic E-state index is 0.163. The highest BCUT2D eigenvalue weighted by Gasteiger charge is 2.11. The van der Waals surface area contributed by atoms with Crippen LogP contribution in [0.2, 0.25) is 0 Å². The van der Waals surface area contributed by atoms with Gasteiger partial charge in [0, 0.05) is 19.0 Å². The van der Waals surface area contributed by atoms with Crippen LogP contribution in [0.3, 0.4) is 0 Å². The summed E-state index contributed by atoms with van der Waals surface area (Å²) in [5, 5.41) is 6.36. The highest BCUT2D eigenvalue weighted by atomic mass is 16.1. The van der Waals surface area contributed by atoms with E-state index in [1.54, 1.807) is 0 Å². The van der Waals surface area contributed by atoms with Crippen molar-refractivity contribution < 1.29 is 4.79 Å². The average Bonchev–Trinajstić information content (AvgIpc) is 2.19. The molecule has 1 aliphatic heterocycles. The molecule has 0 aliphatic carbocycles. The lowest BCUT2D eigenvalue weighted by atomic mass is 10.0. The Morgan fingerprint density at radius 2 is 2.38 bits per heavy atom. The zero-order valence-corrected chi connectivity index (χ0v) is 8.44. The van der Waals surface area contributed by atoms with E-state index in [1.165, 1.54) is 19.3 Å². The highest BCUT2D eigenvalue weighted by molar-refractivity contribution is 5.75. The third-order valence-corrected chi connectivity index (χ3v) is 2.55. The number of nitrogens with one attached hydrogen (secondary N) is 2. The predicted octanol–water partition coefficient (Wildman–Crippen LogP) is 1.04. The molecule has 0 aromatic rings. The van der Waals surface area contributed by atoms with Gasteiger partial charge in [-0.2, -0.15) is 0 Å². The van der Waals surface area contributed by atoms with Gasteiger partial charge in [-0.1, -0.05) is 13.3 Å². The summed E-state index contributed by atoms with van der Waals surface area (Å²) in [6.07, 6.45) is 5.57. The standard InChI is InChI=1S/C10H20N2O/c1-2-10(13)12-8-6-9-5-3-4-7-11-9/h9,11H,2-8H2,1H3,(H,12,13). The van der Waals surface area contributed by atoms with E-state index in [-0.39, 0.29) is 5.91 Å². The zero-order chi connectivity index (χ0) is 9.52. The van der Waals surface area contributed by atoms with Crippen LogP contribution < -0.4 is 10.6 Å². The topological polar surface area (TPSA) is 41.1 Å². The summed E-state index contributed by atoms with van der Waals surface area (Å²) in [6, 6.07) is 0.630. The summed E-state index contributed by atoms with van der Waals surface area (Å²) in [4.78, 5) is 10.9. The van der Waals surface area contributed by atoms with Crippen molar-refractivity contribution in [2.45, 2.75) is 45.1 Å². The number of piperidine rings is 1. The van der Waals surface area contributed by atoms with Gasteiger partial charge in [0.05, 0.1) is 0 Å². The first-order chi connectivity index (χ1) is 6.33. The van der Waals surface area contributed by atoms with E-state index in [0.717, 1.165) is 19.5 Å². The summed E-state index contributed by atoms with van der Waals surface area (Å²) < 4.78 is 0. The van der Waals surface area contributed by atoms with Crippen molar-refractivity contribution in [3.63, 3.8) is 0 Å². The molecule has 1 fully saturated rings.